The number of aromatic nitrogens is 1. The Morgan fingerprint density at radius 2 is 2.21 bits per heavy atom. The minimum absolute atomic E-state index is 0.0168. The minimum atomic E-state index is -0.820. The highest BCUT2D eigenvalue weighted by atomic mass is 16.4. The third kappa shape index (κ3) is 2.67. The van der Waals surface area contributed by atoms with Gasteiger partial charge in [0.15, 0.2) is 5.69 Å². The number of hydrogen-bond acceptors (Lipinski definition) is 4. The number of aliphatic carboxylic acids is 1. The fourth-order valence-electron chi connectivity index (χ4n) is 2.40. The molecule has 6 heteroatoms. The molecular weight excluding hydrogens is 248 g/mol. The molecule has 1 aromatic rings. The number of piperidine rings is 1. The lowest BCUT2D eigenvalue weighted by molar-refractivity contribution is -0.143. The SMILES string of the molecule is CC1CC(C(=O)O)CCN1C(=O)c1ncccc1O. The highest BCUT2D eigenvalue weighted by molar-refractivity contribution is 5.95. The quantitative estimate of drug-likeness (QED) is 0.835. The van der Waals surface area contributed by atoms with Crippen LogP contribution in [0, 0.1) is 5.92 Å². The summed E-state index contributed by atoms with van der Waals surface area (Å²) in [7, 11) is 0. The second kappa shape index (κ2) is 5.26. The van der Waals surface area contributed by atoms with Crippen LogP contribution in [-0.4, -0.2) is 44.6 Å². The van der Waals surface area contributed by atoms with E-state index in [0.29, 0.717) is 19.4 Å². The van der Waals surface area contributed by atoms with Gasteiger partial charge in [0.1, 0.15) is 5.75 Å². The number of carbonyl (C=O) groups excluding carboxylic acids is 1. The number of pyridine rings is 1. The van der Waals surface area contributed by atoms with Crippen LogP contribution in [0.1, 0.15) is 30.3 Å². The first kappa shape index (κ1) is 13.3. The van der Waals surface area contributed by atoms with E-state index in [2.05, 4.69) is 4.98 Å². The van der Waals surface area contributed by atoms with Crippen molar-refractivity contribution in [1.82, 2.24) is 9.88 Å². The average molecular weight is 264 g/mol. The lowest BCUT2D eigenvalue weighted by Gasteiger charge is -2.36. The Balaban J connectivity index is 2.13. The molecular formula is C13H16N2O4. The molecule has 1 aromatic heterocycles. The van der Waals surface area contributed by atoms with Crippen LogP contribution in [-0.2, 0) is 4.79 Å². The highest BCUT2D eigenvalue weighted by Crippen LogP contribution is 2.26. The zero-order valence-electron chi connectivity index (χ0n) is 10.6. The van der Waals surface area contributed by atoms with Gasteiger partial charge in [-0.25, -0.2) is 4.98 Å². The molecule has 2 unspecified atom stereocenters. The van der Waals surface area contributed by atoms with Gasteiger partial charge in [0.25, 0.3) is 5.91 Å². The maximum atomic E-state index is 12.3. The molecule has 0 spiro atoms. The van der Waals surface area contributed by atoms with E-state index in [4.69, 9.17) is 5.11 Å². The van der Waals surface area contributed by atoms with Crippen molar-refractivity contribution in [3.8, 4) is 5.75 Å². The van der Waals surface area contributed by atoms with Gasteiger partial charge >= 0.3 is 5.97 Å². The number of carboxylic acids is 1. The lowest BCUT2D eigenvalue weighted by atomic mass is 9.91. The van der Waals surface area contributed by atoms with Gasteiger partial charge in [-0.3, -0.25) is 9.59 Å². The van der Waals surface area contributed by atoms with Crippen molar-refractivity contribution >= 4 is 11.9 Å². The number of carbonyl (C=O) groups is 2. The number of aromatic hydroxyl groups is 1. The molecule has 6 nitrogen and oxygen atoms in total. The number of rotatable bonds is 2. The summed E-state index contributed by atoms with van der Waals surface area (Å²) in [6, 6.07) is 2.78. The molecule has 1 amide bonds. The van der Waals surface area contributed by atoms with E-state index in [-0.39, 0.29) is 23.4 Å². The first-order valence-electron chi connectivity index (χ1n) is 6.18. The zero-order valence-corrected chi connectivity index (χ0v) is 10.6. The van der Waals surface area contributed by atoms with Crippen LogP contribution >= 0.6 is 0 Å². The molecule has 0 bridgehead atoms. The predicted octanol–water partition coefficient (Wildman–Crippen LogP) is 1.11. The van der Waals surface area contributed by atoms with Crippen molar-refractivity contribution in [1.29, 1.82) is 0 Å². The molecule has 0 saturated carbocycles. The van der Waals surface area contributed by atoms with E-state index in [1.807, 2.05) is 6.92 Å². The van der Waals surface area contributed by atoms with Crippen LogP contribution in [0.4, 0.5) is 0 Å². The zero-order chi connectivity index (χ0) is 14.0. The highest BCUT2D eigenvalue weighted by Gasteiger charge is 2.33. The molecule has 1 aliphatic rings. The maximum Gasteiger partial charge on any atom is 0.306 e. The van der Waals surface area contributed by atoms with Gasteiger partial charge in [-0.1, -0.05) is 0 Å². The van der Waals surface area contributed by atoms with Crippen molar-refractivity contribution in [2.75, 3.05) is 6.54 Å². The second-order valence-electron chi connectivity index (χ2n) is 4.78. The van der Waals surface area contributed by atoms with Crippen LogP contribution in [0.3, 0.4) is 0 Å². The Bertz CT molecular complexity index is 503. The number of likely N-dealkylation sites (tertiary alicyclic amines) is 1. The molecule has 2 rings (SSSR count). The smallest absolute Gasteiger partial charge is 0.306 e. The summed E-state index contributed by atoms with van der Waals surface area (Å²) in [5, 5.41) is 18.6. The molecule has 0 aromatic carbocycles. The standard InChI is InChI=1S/C13H16N2O4/c1-8-7-9(13(18)19)4-6-15(8)12(17)11-10(16)3-2-5-14-11/h2-3,5,8-9,16H,4,6-7H2,1H3,(H,18,19). The van der Waals surface area contributed by atoms with Crippen molar-refractivity contribution in [2.24, 2.45) is 5.92 Å². The van der Waals surface area contributed by atoms with Gasteiger partial charge < -0.3 is 15.1 Å². The van der Waals surface area contributed by atoms with Crippen LogP contribution in [0.25, 0.3) is 0 Å². The van der Waals surface area contributed by atoms with Gasteiger partial charge in [0.2, 0.25) is 0 Å². The summed E-state index contributed by atoms with van der Waals surface area (Å²) in [4.78, 5) is 28.7. The number of nitrogens with zero attached hydrogens (tertiary/aromatic N) is 2. The molecule has 2 N–H and O–H groups in total. The molecule has 2 atom stereocenters. The van der Waals surface area contributed by atoms with Crippen LogP contribution < -0.4 is 0 Å². The lowest BCUT2D eigenvalue weighted by Crippen LogP contribution is -2.46. The molecule has 1 fully saturated rings. The van der Waals surface area contributed by atoms with Crippen molar-refractivity contribution in [3.63, 3.8) is 0 Å². The molecule has 1 saturated heterocycles. The Hall–Kier alpha value is -2.11. The van der Waals surface area contributed by atoms with E-state index in [1.54, 1.807) is 11.0 Å². The van der Waals surface area contributed by atoms with Gasteiger partial charge in [-0.2, -0.15) is 0 Å². The van der Waals surface area contributed by atoms with Crippen molar-refractivity contribution in [2.45, 2.75) is 25.8 Å². The molecule has 0 aliphatic carbocycles. The van der Waals surface area contributed by atoms with Gasteiger partial charge in [0.05, 0.1) is 5.92 Å². The third-order valence-corrected chi connectivity index (χ3v) is 3.48. The van der Waals surface area contributed by atoms with E-state index in [9.17, 15) is 14.7 Å². The third-order valence-electron chi connectivity index (χ3n) is 3.48. The van der Waals surface area contributed by atoms with Crippen molar-refractivity contribution in [3.05, 3.63) is 24.0 Å². The number of carboxylic acid groups (broad SMARTS) is 1. The van der Waals surface area contributed by atoms with E-state index >= 15 is 0 Å². The van der Waals surface area contributed by atoms with Gasteiger partial charge in [-0.15, -0.1) is 0 Å². The number of amides is 1. The molecule has 2 heterocycles. The summed E-state index contributed by atoms with van der Waals surface area (Å²) >= 11 is 0. The summed E-state index contributed by atoms with van der Waals surface area (Å²) in [6.07, 6.45) is 2.30. The first-order chi connectivity index (χ1) is 9.00. The number of hydrogen-bond donors (Lipinski definition) is 2. The van der Waals surface area contributed by atoms with Crippen LogP contribution in [0.2, 0.25) is 0 Å². The van der Waals surface area contributed by atoms with Crippen LogP contribution in [0.15, 0.2) is 18.3 Å². The molecule has 19 heavy (non-hydrogen) atoms. The van der Waals surface area contributed by atoms with E-state index in [1.165, 1.54) is 12.3 Å². The summed E-state index contributed by atoms with van der Waals surface area (Å²) in [5.41, 5.74) is 0.0168. The normalized spacial score (nSPS) is 23.1. The summed E-state index contributed by atoms with van der Waals surface area (Å²) in [6.45, 7) is 2.18. The Morgan fingerprint density at radius 3 is 2.79 bits per heavy atom. The molecule has 1 aliphatic heterocycles. The van der Waals surface area contributed by atoms with Gasteiger partial charge in [-0.05, 0) is 31.9 Å². The average Bonchev–Trinajstić information content (AvgIpc) is 2.38. The Labute approximate surface area is 110 Å². The molecule has 0 radical (unpaired) electrons. The monoisotopic (exact) mass is 264 g/mol. The Kier molecular flexibility index (Phi) is 3.69. The van der Waals surface area contributed by atoms with Gasteiger partial charge in [0, 0.05) is 18.8 Å². The van der Waals surface area contributed by atoms with E-state index < -0.39 is 11.9 Å². The topological polar surface area (TPSA) is 90.7 Å². The largest absolute Gasteiger partial charge is 0.505 e. The first-order valence-corrected chi connectivity index (χ1v) is 6.18. The molecule has 102 valence electrons. The Morgan fingerprint density at radius 1 is 1.47 bits per heavy atom. The minimum Gasteiger partial charge on any atom is -0.505 e. The summed E-state index contributed by atoms with van der Waals surface area (Å²) < 4.78 is 0. The summed E-state index contributed by atoms with van der Waals surface area (Å²) in [5.74, 6) is -1.73. The van der Waals surface area contributed by atoms with E-state index in [0.717, 1.165) is 0 Å². The maximum absolute atomic E-state index is 12.3. The predicted molar refractivity (Wildman–Crippen MR) is 66.8 cm³/mol. The fraction of sp³-hybridized carbons (Fsp3) is 0.462. The second-order valence-corrected chi connectivity index (χ2v) is 4.78. The fourth-order valence-corrected chi connectivity index (χ4v) is 2.40. The van der Waals surface area contributed by atoms with Crippen molar-refractivity contribution < 1.29 is 19.8 Å². The van der Waals surface area contributed by atoms with Crippen LogP contribution in [0.5, 0.6) is 5.75 Å².